The van der Waals surface area contributed by atoms with E-state index in [9.17, 15) is 4.79 Å². The van der Waals surface area contributed by atoms with E-state index in [0.29, 0.717) is 32.7 Å². The fraction of sp³-hybridized carbons (Fsp3) is 0.333. The average Bonchev–Trinajstić information content (AvgIpc) is 2.75. The number of nitrogens with zero attached hydrogens (tertiary/aromatic N) is 2. The summed E-state index contributed by atoms with van der Waals surface area (Å²) in [6, 6.07) is 15.4. The van der Waals surface area contributed by atoms with Crippen molar-refractivity contribution in [2.24, 2.45) is 0 Å². The molecule has 0 N–H and O–H groups in total. The molecule has 2 heterocycles. The lowest BCUT2D eigenvalue weighted by atomic mass is 10.0. The average molecular weight is 390 g/mol. The van der Waals surface area contributed by atoms with Crippen LogP contribution in [0, 0.1) is 18.8 Å². The Bertz CT molecular complexity index is 887. The predicted molar refractivity (Wildman–Crippen MR) is 113 cm³/mol. The standard InChI is InChI=1S/C24H26N2O3/c1-20-8-5-10-22(25-20)11-6-9-21-14-16-26(17-15-21)24(27)29-19-7-18-28-23-12-3-2-4-13-23/h2-5,8-10,12-13H,7,14-19H2,1H3. The van der Waals surface area contributed by atoms with Gasteiger partial charge in [-0.1, -0.05) is 35.8 Å². The van der Waals surface area contributed by atoms with E-state index in [4.69, 9.17) is 9.47 Å². The van der Waals surface area contributed by atoms with Gasteiger partial charge in [-0.3, -0.25) is 0 Å². The van der Waals surface area contributed by atoms with Gasteiger partial charge in [-0.05, 0) is 56.0 Å². The van der Waals surface area contributed by atoms with Gasteiger partial charge < -0.3 is 14.4 Å². The minimum atomic E-state index is -0.251. The Morgan fingerprint density at radius 3 is 2.66 bits per heavy atom. The lowest BCUT2D eigenvalue weighted by Gasteiger charge is -2.27. The molecule has 1 aliphatic rings. The molecule has 2 aromatic rings. The van der Waals surface area contributed by atoms with Crippen molar-refractivity contribution >= 4 is 6.09 Å². The van der Waals surface area contributed by atoms with Crippen molar-refractivity contribution in [1.29, 1.82) is 0 Å². The minimum absolute atomic E-state index is 0.251. The molecule has 0 spiro atoms. The molecular weight excluding hydrogens is 364 g/mol. The maximum Gasteiger partial charge on any atom is 0.409 e. The summed E-state index contributed by atoms with van der Waals surface area (Å²) < 4.78 is 10.9. The van der Waals surface area contributed by atoms with Gasteiger partial charge in [0.05, 0.1) is 13.2 Å². The number of likely N-dealkylation sites (tertiary alicyclic amines) is 1. The van der Waals surface area contributed by atoms with Gasteiger partial charge in [0.15, 0.2) is 0 Å². The fourth-order valence-electron chi connectivity index (χ4n) is 2.96. The zero-order valence-electron chi connectivity index (χ0n) is 16.8. The van der Waals surface area contributed by atoms with E-state index in [1.807, 2.05) is 61.5 Å². The number of amides is 1. The van der Waals surface area contributed by atoms with Crippen LogP contribution >= 0.6 is 0 Å². The number of carbonyl (C=O) groups excluding carboxylic acids is 1. The molecule has 3 rings (SSSR count). The molecular formula is C24H26N2O3. The number of pyridine rings is 1. The monoisotopic (exact) mass is 390 g/mol. The third-order valence-corrected chi connectivity index (χ3v) is 4.55. The van der Waals surface area contributed by atoms with Crippen LogP contribution in [0.1, 0.15) is 30.7 Å². The number of hydrogen-bond donors (Lipinski definition) is 0. The summed E-state index contributed by atoms with van der Waals surface area (Å²) in [6.45, 7) is 4.17. The van der Waals surface area contributed by atoms with E-state index >= 15 is 0 Å². The second-order valence-electron chi connectivity index (χ2n) is 6.85. The smallest absolute Gasteiger partial charge is 0.409 e. The first kappa shape index (κ1) is 20.5. The number of allylic oxidation sites excluding steroid dienone is 1. The summed E-state index contributed by atoms with van der Waals surface area (Å²) in [5.74, 6) is 6.97. The highest BCUT2D eigenvalue weighted by Gasteiger charge is 2.19. The lowest BCUT2D eigenvalue weighted by Crippen LogP contribution is -2.37. The zero-order valence-corrected chi connectivity index (χ0v) is 16.8. The predicted octanol–water partition coefficient (Wildman–Crippen LogP) is 4.37. The van der Waals surface area contributed by atoms with Gasteiger partial charge in [0.25, 0.3) is 0 Å². The molecule has 1 aromatic carbocycles. The van der Waals surface area contributed by atoms with Gasteiger partial charge in [-0.25, -0.2) is 9.78 Å². The van der Waals surface area contributed by atoms with Crippen molar-refractivity contribution < 1.29 is 14.3 Å². The maximum absolute atomic E-state index is 12.2. The SMILES string of the molecule is Cc1cccc(C#CC=C2CCN(C(=O)OCCCOc3ccccc3)CC2)n1. The number of rotatable bonds is 5. The molecule has 5 nitrogen and oxygen atoms in total. The van der Waals surface area contributed by atoms with Gasteiger partial charge in [-0.2, -0.15) is 0 Å². The fourth-order valence-corrected chi connectivity index (χ4v) is 2.96. The Morgan fingerprint density at radius 1 is 1.10 bits per heavy atom. The minimum Gasteiger partial charge on any atom is -0.493 e. The summed E-state index contributed by atoms with van der Waals surface area (Å²) in [7, 11) is 0. The van der Waals surface area contributed by atoms with E-state index in [1.54, 1.807) is 4.90 Å². The number of aromatic nitrogens is 1. The van der Waals surface area contributed by atoms with Crippen LogP contribution in [0.5, 0.6) is 5.75 Å². The number of piperidine rings is 1. The highest BCUT2D eigenvalue weighted by Crippen LogP contribution is 2.16. The second kappa shape index (κ2) is 10.9. The molecule has 5 heteroatoms. The Labute approximate surface area is 172 Å². The topological polar surface area (TPSA) is 51.7 Å². The van der Waals surface area contributed by atoms with Crippen molar-refractivity contribution in [2.45, 2.75) is 26.2 Å². The summed E-state index contributed by atoms with van der Waals surface area (Å²) >= 11 is 0. The maximum atomic E-state index is 12.2. The number of carbonyl (C=O) groups is 1. The Morgan fingerprint density at radius 2 is 1.90 bits per heavy atom. The first-order valence-corrected chi connectivity index (χ1v) is 9.93. The Hall–Kier alpha value is -3.26. The number of benzene rings is 1. The normalized spacial score (nSPS) is 13.3. The Balaban J connectivity index is 1.34. The molecule has 1 aliphatic heterocycles. The van der Waals surface area contributed by atoms with Gasteiger partial charge in [0, 0.05) is 25.2 Å². The summed E-state index contributed by atoms with van der Waals surface area (Å²) in [6.07, 6.45) is 4.01. The first-order chi connectivity index (χ1) is 14.2. The van der Waals surface area contributed by atoms with Crippen molar-refractivity contribution in [3.05, 3.63) is 71.6 Å². The molecule has 150 valence electrons. The largest absolute Gasteiger partial charge is 0.493 e. The van der Waals surface area contributed by atoms with Crippen molar-refractivity contribution in [3.63, 3.8) is 0 Å². The van der Waals surface area contributed by atoms with Crippen LogP contribution in [0.15, 0.2) is 60.2 Å². The molecule has 1 aromatic heterocycles. The number of para-hydroxylation sites is 1. The molecule has 0 saturated carbocycles. The number of ether oxygens (including phenoxy) is 2. The summed E-state index contributed by atoms with van der Waals surface area (Å²) in [5, 5.41) is 0. The Kier molecular flexibility index (Phi) is 7.71. The van der Waals surface area contributed by atoms with E-state index in [2.05, 4.69) is 16.8 Å². The van der Waals surface area contributed by atoms with Gasteiger partial charge in [-0.15, -0.1) is 0 Å². The first-order valence-electron chi connectivity index (χ1n) is 9.93. The highest BCUT2D eigenvalue weighted by molar-refractivity contribution is 5.67. The van der Waals surface area contributed by atoms with Gasteiger partial charge in [0.1, 0.15) is 11.4 Å². The van der Waals surface area contributed by atoms with Crippen LogP contribution < -0.4 is 4.74 Å². The van der Waals surface area contributed by atoms with Crippen molar-refractivity contribution in [3.8, 4) is 17.6 Å². The number of aryl methyl sites for hydroxylation is 1. The molecule has 1 saturated heterocycles. The van der Waals surface area contributed by atoms with Crippen LogP contribution in [-0.2, 0) is 4.74 Å². The lowest BCUT2D eigenvalue weighted by molar-refractivity contribution is 0.0943. The van der Waals surface area contributed by atoms with E-state index in [1.165, 1.54) is 5.57 Å². The highest BCUT2D eigenvalue weighted by atomic mass is 16.6. The summed E-state index contributed by atoms with van der Waals surface area (Å²) in [5.41, 5.74) is 2.99. The molecule has 0 radical (unpaired) electrons. The third kappa shape index (κ3) is 7.00. The molecule has 0 aliphatic carbocycles. The van der Waals surface area contributed by atoms with Crippen LogP contribution in [-0.4, -0.2) is 42.3 Å². The summed E-state index contributed by atoms with van der Waals surface area (Å²) in [4.78, 5) is 18.3. The quantitative estimate of drug-likeness (QED) is 0.562. The van der Waals surface area contributed by atoms with Crippen molar-refractivity contribution in [2.75, 3.05) is 26.3 Å². The molecule has 29 heavy (non-hydrogen) atoms. The molecule has 0 atom stereocenters. The van der Waals surface area contributed by atoms with Crippen LogP contribution in [0.2, 0.25) is 0 Å². The van der Waals surface area contributed by atoms with E-state index in [-0.39, 0.29) is 6.09 Å². The van der Waals surface area contributed by atoms with Crippen LogP contribution in [0.3, 0.4) is 0 Å². The third-order valence-electron chi connectivity index (χ3n) is 4.55. The molecule has 0 bridgehead atoms. The van der Waals surface area contributed by atoms with E-state index in [0.717, 1.165) is 30.0 Å². The second-order valence-corrected chi connectivity index (χ2v) is 6.85. The van der Waals surface area contributed by atoms with Gasteiger partial charge in [0.2, 0.25) is 0 Å². The molecule has 1 fully saturated rings. The zero-order chi connectivity index (χ0) is 20.3. The van der Waals surface area contributed by atoms with E-state index < -0.39 is 0 Å². The van der Waals surface area contributed by atoms with Crippen LogP contribution in [0.4, 0.5) is 4.79 Å². The number of hydrogen-bond acceptors (Lipinski definition) is 4. The van der Waals surface area contributed by atoms with Crippen molar-refractivity contribution in [1.82, 2.24) is 9.88 Å². The molecule has 0 unspecified atom stereocenters. The molecule has 1 amide bonds. The van der Waals surface area contributed by atoms with Gasteiger partial charge >= 0.3 is 6.09 Å². The van der Waals surface area contributed by atoms with Crippen LogP contribution in [0.25, 0.3) is 0 Å².